The van der Waals surface area contributed by atoms with Gasteiger partial charge in [-0.25, -0.2) is 0 Å². The molecule has 0 heterocycles. The van der Waals surface area contributed by atoms with Gasteiger partial charge in [0.15, 0.2) is 6.10 Å². The van der Waals surface area contributed by atoms with Crippen molar-refractivity contribution in [1.29, 1.82) is 0 Å². The Bertz CT molecular complexity index is 991. The average Bonchev–Trinajstić information content (AvgIpc) is 3.15. The lowest BCUT2D eigenvalue weighted by Crippen LogP contribution is -2.30. The molecule has 0 aromatic heterocycles. The molecule has 0 radical (unpaired) electrons. The van der Waals surface area contributed by atoms with Crippen LogP contribution in [0.4, 0.5) is 0 Å². The highest BCUT2D eigenvalue weighted by Gasteiger charge is 2.19. The van der Waals surface area contributed by atoms with Crippen LogP contribution in [0.15, 0.2) is 60.8 Å². The van der Waals surface area contributed by atoms with Gasteiger partial charge >= 0.3 is 17.9 Å². The van der Waals surface area contributed by atoms with Crippen LogP contribution in [0.25, 0.3) is 0 Å². The highest BCUT2D eigenvalue weighted by molar-refractivity contribution is 5.71. The van der Waals surface area contributed by atoms with Crippen LogP contribution in [0.1, 0.15) is 201 Å². The van der Waals surface area contributed by atoms with E-state index in [2.05, 4.69) is 81.5 Å². The monoisotopic (exact) mass is 741 g/mol. The maximum atomic E-state index is 12.7. The van der Waals surface area contributed by atoms with Crippen molar-refractivity contribution in [1.82, 2.24) is 0 Å². The first-order valence-electron chi connectivity index (χ1n) is 21.8. The second-order valence-electron chi connectivity index (χ2n) is 14.2. The summed E-state index contributed by atoms with van der Waals surface area (Å²) in [5.74, 6) is -0.936. The minimum atomic E-state index is -0.787. The van der Waals surface area contributed by atoms with E-state index >= 15 is 0 Å². The Balaban J connectivity index is 4.44. The Morgan fingerprint density at radius 1 is 0.396 bits per heavy atom. The van der Waals surface area contributed by atoms with Gasteiger partial charge in [0.1, 0.15) is 13.2 Å². The number of allylic oxidation sites excluding steroid dienone is 10. The quantitative estimate of drug-likeness (QED) is 0.0271. The van der Waals surface area contributed by atoms with Crippen LogP contribution in [-0.4, -0.2) is 37.2 Å². The third kappa shape index (κ3) is 40.1. The summed E-state index contributed by atoms with van der Waals surface area (Å²) in [5, 5.41) is 0. The van der Waals surface area contributed by atoms with E-state index in [-0.39, 0.29) is 31.1 Å². The highest BCUT2D eigenvalue weighted by atomic mass is 16.6. The van der Waals surface area contributed by atoms with Crippen molar-refractivity contribution in [2.45, 2.75) is 207 Å². The number of carbonyl (C=O) groups excluding carboxylic acids is 3. The van der Waals surface area contributed by atoms with Gasteiger partial charge in [0.05, 0.1) is 0 Å². The van der Waals surface area contributed by atoms with Crippen LogP contribution in [0.3, 0.4) is 0 Å². The van der Waals surface area contributed by atoms with Gasteiger partial charge in [-0.1, -0.05) is 152 Å². The maximum absolute atomic E-state index is 12.7. The fourth-order valence-electron chi connectivity index (χ4n) is 5.73. The van der Waals surface area contributed by atoms with E-state index in [1.165, 1.54) is 32.1 Å². The molecule has 304 valence electrons. The lowest BCUT2D eigenvalue weighted by Gasteiger charge is -2.18. The highest BCUT2D eigenvalue weighted by Crippen LogP contribution is 2.13. The summed E-state index contributed by atoms with van der Waals surface area (Å²) >= 11 is 0. The minimum Gasteiger partial charge on any atom is -0.462 e. The standard InChI is InChI=1S/C47H80O6/c1-4-7-10-13-16-19-22-25-28-31-34-37-40-46(49)52-43-44(42-51-45(48)39-36-33-30-27-24-21-18-15-12-9-6-3)53-47(50)41-38-35-32-29-26-23-20-17-14-11-8-5-2/h7-8,10-11,15-20,44H,4-6,9,12-14,21-43H2,1-3H3/b10-7-,11-8-,18-15-,19-16-,20-17-. The number of hydrogen-bond acceptors (Lipinski definition) is 6. The van der Waals surface area contributed by atoms with Crippen molar-refractivity contribution in [3.8, 4) is 0 Å². The summed E-state index contributed by atoms with van der Waals surface area (Å²) in [6.45, 7) is 6.32. The molecule has 53 heavy (non-hydrogen) atoms. The fraction of sp³-hybridized carbons (Fsp3) is 0.723. The molecule has 0 saturated heterocycles. The summed E-state index contributed by atoms with van der Waals surface area (Å²) in [6.07, 6.45) is 49.2. The second kappa shape index (κ2) is 41.9. The molecule has 0 aliphatic heterocycles. The van der Waals surface area contributed by atoms with Crippen molar-refractivity contribution in [3.05, 3.63) is 60.8 Å². The van der Waals surface area contributed by atoms with Gasteiger partial charge in [-0.2, -0.15) is 0 Å². The van der Waals surface area contributed by atoms with Crippen LogP contribution >= 0.6 is 0 Å². The largest absolute Gasteiger partial charge is 0.462 e. The Kier molecular flexibility index (Phi) is 39.6. The van der Waals surface area contributed by atoms with E-state index in [0.29, 0.717) is 19.3 Å². The summed E-state index contributed by atoms with van der Waals surface area (Å²) in [5.41, 5.74) is 0. The number of esters is 3. The summed E-state index contributed by atoms with van der Waals surface area (Å²) in [4.78, 5) is 37.6. The number of unbranched alkanes of at least 4 members (excludes halogenated alkanes) is 17. The molecule has 0 aliphatic carbocycles. The Hall–Kier alpha value is -2.89. The van der Waals surface area contributed by atoms with Gasteiger partial charge in [-0.3, -0.25) is 14.4 Å². The molecule has 0 aromatic carbocycles. The topological polar surface area (TPSA) is 78.9 Å². The number of hydrogen-bond donors (Lipinski definition) is 0. The summed E-state index contributed by atoms with van der Waals surface area (Å²) in [7, 11) is 0. The molecular weight excluding hydrogens is 661 g/mol. The van der Waals surface area contributed by atoms with Gasteiger partial charge in [0.2, 0.25) is 0 Å². The number of rotatable bonds is 38. The normalized spacial score (nSPS) is 12.6. The number of ether oxygens (including phenoxy) is 3. The first kappa shape index (κ1) is 50.1. The molecule has 6 nitrogen and oxygen atoms in total. The average molecular weight is 741 g/mol. The lowest BCUT2D eigenvalue weighted by atomic mass is 10.1. The predicted molar refractivity (Wildman–Crippen MR) is 224 cm³/mol. The molecule has 0 rings (SSSR count). The zero-order valence-electron chi connectivity index (χ0n) is 34.5. The second-order valence-corrected chi connectivity index (χ2v) is 14.2. The van der Waals surface area contributed by atoms with Crippen molar-refractivity contribution in [2.75, 3.05) is 13.2 Å². The summed E-state index contributed by atoms with van der Waals surface area (Å²) < 4.78 is 16.6. The third-order valence-corrected chi connectivity index (χ3v) is 8.99. The molecule has 0 fully saturated rings. The van der Waals surface area contributed by atoms with Crippen LogP contribution in [-0.2, 0) is 28.6 Å². The van der Waals surface area contributed by atoms with Gasteiger partial charge in [-0.05, 0) is 89.9 Å². The van der Waals surface area contributed by atoms with Crippen molar-refractivity contribution in [3.63, 3.8) is 0 Å². The van der Waals surface area contributed by atoms with E-state index in [1.54, 1.807) is 0 Å². The van der Waals surface area contributed by atoms with Crippen LogP contribution in [0.5, 0.6) is 0 Å². The molecule has 0 saturated carbocycles. The third-order valence-electron chi connectivity index (χ3n) is 8.99. The Morgan fingerprint density at radius 2 is 0.736 bits per heavy atom. The molecule has 0 spiro atoms. The Morgan fingerprint density at radius 3 is 1.15 bits per heavy atom. The smallest absolute Gasteiger partial charge is 0.306 e. The molecule has 0 aromatic rings. The summed E-state index contributed by atoms with van der Waals surface area (Å²) in [6, 6.07) is 0. The van der Waals surface area contributed by atoms with E-state index in [0.717, 1.165) is 128 Å². The molecule has 1 atom stereocenters. The van der Waals surface area contributed by atoms with E-state index in [1.807, 2.05) is 0 Å². The van der Waals surface area contributed by atoms with E-state index in [4.69, 9.17) is 14.2 Å². The number of carbonyl (C=O) groups is 3. The minimum absolute atomic E-state index is 0.0900. The Labute approximate surface area is 326 Å². The van der Waals surface area contributed by atoms with Crippen LogP contribution in [0.2, 0.25) is 0 Å². The van der Waals surface area contributed by atoms with E-state index in [9.17, 15) is 14.4 Å². The van der Waals surface area contributed by atoms with Gasteiger partial charge in [-0.15, -0.1) is 0 Å². The van der Waals surface area contributed by atoms with Crippen molar-refractivity contribution in [2.24, 2.45) is 0 Å². The molecule has 1 unspecified atom stereocenters. The van der Waals surface area contributed by atoms with Crippen LogP contribution < -0.4 is 0 Å². The van der Waals surface area contributed by atoms with Crippen molar-refractivity contribution >= 4 is 17.9 Å². The molecule has 0 amide bonds. The molecule has 0 bridgehead atoms. The molecule has 0 aliphatic rings. The fourth-order valence-corrected chi connectivity index (χ4v) is 5.73. The molecular formula is C47H80O6. The zero-order chi connectivity index (χ0) is 38.7. The van der Waals surface area contributed by atoms with Gasteiger partial charge in [0, 0.05) is 19.3 Å². The van der Waals surface area contributed by atoms with Gasteiger partial charge < -0.3 is 14.2 Å². The van der Waals surface area contributed by atoms with E-state index < -0.39 is 6.10 Å². The lowest BCUT2D eigenvalue weighted by molar-refractivity contribution is -0.167. The SMILES string of the molecule is CC/C=C\C/C=C\CCCCCCCC(=O)OCC(COC(=O)CCCCCCC/C=C\CCCC)OC(=O)CCCCCCC/C=C\C/C=C\CC. The maximum Gasteiger partial charge on any atom is 0.306 e. The van der Waals surface area contributed by atoms with Crippen LogP contribution in [0, 0.1) is 0 Å². The first-order valence-corrected chi connectivity index (χ1v) is 21.8. The molecule has 6 heteroatoms. The predicted octanol–water partition coefficient (Wildman–Crippen LogP) is 13.7. The van der Waals surface area contributed by atoms with Gasteiger partial charge in [0.25, 0.3) is 0 Å². The zero-order valence-corrected chi connectivity index (χ0v) is 34.5. The van der Waals surface area contributed by atoms with Crippen molar-refractivity contribution < 1.29 is 28.6 Å². The first-order chi connectivity index (χ1) is 26.0. The molecule has 0 N–H and O–H groups in total.